The van der Waals surface area contributed by atoms with E-state index in [4.69, 9.17) is 0 Å². The number of fused-ring (bicyclic) bond motifs is 1. The van der Waals surface area contributed by atoms with Crippen molar-refractivity contribution in [3.8, 4) is 11.3 Å². The first-order chi connectivity index (χ1) is 7.43. The summed E-state index contributed by atoms with van der Waals surface area (Å²) in [5.41, 5.74) is 3.48. The monoisotopic (exact) mass is 194 g/mol. The Kier molecular flexibility index (Phi) is 1.78. The molecular weight excluding hydrogens is 184 g/mol. The van der Waals surface area contributed by atoms with Crippen molar-refractivity contribution in [2.45, 2.75) is 0 Å². The molecule has 1 aromatic carbocycles. The number of aromatic amines is 1. The number of H-pyrrole nitrogens is 1. The summed E-state index contributed by atoms with van der Waals surface area (Å²) in [5.74, 6) is 0. The molecule has 0 amide bonds. The molecular formula is C13H10N2. The Bertz CT molecular complexity index is 549. The highest BCUT2D eigenvalue weighted by Crippen LogP contribution is 2.22. The number of para-hydroxylation sites is 1. The lowest BCUT2D eigenvalue weighted by Gasteiger charge is -1.94. The van der Waals surface area contributed by atoms with E-state index < -0.39 is 0 Å². The Hall–Kier alpha value is -2.09. The van der Waals surface area contributed by atoms with E-state index >= 15 is 0 Å². The molecule has 1 N–H and O–H groups in total. The third-order valence-electron chi connectivity index (χ3n) is 2.52. The van der Waals surface area contributed by atoms with Crippen molar-refractivity contribution in [3.05, 3.63) is 54.9 Å². The number of pyridine rings is 1. The Labute approximate surface area is 87.6 Å². The van der Waals surface area contributed by atoms with Crippen LogP contribution in [-0.4, -0.2) is 9.97 Å². The van der Waals surface area contributed by atoms with Gasteiger partial charge in [0, 0.05) is 34.6 Å². The lowest BCUT2D eigenvalue weighted by molar-refractivity contribution is 1.32. The largest absolute Gasteiger partial charge is 0.355 e. The smallest absolute Gasteiger partial charge is 0.0465 e. The summed E-state index contributed by atoms with van der Waals surface area (Å²) in [4.78, 5) is 7.39. The number of benzene rings is 1. The molecule has 3 rings (SSSR count). The van der Waals surface area contributed by atoms with Gasteiger partial charge in [0.25, 0.3) is 0 Å². The Morgan fingerprint density at radius 2 is 1.73 bits per heavy atom. The molecule has 2 heteroatoms. The fourth-order valence-corrected chi connectivity index (χ4v) is 1.76. The second-order valence-corrected chi connectivity index (χ2v) is 3.51. The third-order valence-corrected chi connectivity index (χ3v) is 2.52. The van der Waals surface area contributed by atoms with E-state index in [9.17, 15) is 0 Å². The average molecular weight is 194 g/mol. The van der Waals surface area contributed by atoms with Crippen LogP contribution in [0.25, 0.3) is 22.2 Å². The summed E-state index contributed by atoms with van der Waals surface area (Å²) in [6.45, 7) is 0. The molecule has 3 aromatic rings. The molecule has 2 aromatic heterocycles. The summed E-state index contributed by atoms with van der Waals surface area (Å²) in [5, 5.41) is 1.24. The predicted molar refractivity (Wildman–Crippen MR) is 61.5 cm³/mol. The van der Waals surface area contributed by atoms with E-state index in [0.29, 0.717) is 0 Å². The van der Waals surface area contributed by atoms with Crippen LogP contribution in [0.2, 0.25) is 0 Å². The molecule has 0 saturated heterocycles. The van der Waals surface area contributed by atoms with Crippen LogP contribution in [0.4, 0.5) is 0 Å². The van der Waals surface area contributed by atoms with E-state index in [1.807, 2.05) is 24.3 Å². The van der Waals surface area contributed by atoms with E-state index in [2.05, 4.69) is 28.2 Å². The molecule has 0 radical (unpaired) electrons. The summed E-state index contributed by atoms with van der Waals surface area (Å²) >= 11 is 0. The van der Waals surface area contributed by atoms with Crippen molar-refractivity contribution in [2.75, 3.05) is 0 Å². The van der Waals surface area contributed by atoms with Gasteiger partial charge in [0.05, 0.1) is 0 Å². The molecule has 0 saturated carbocycles. The van der Waals surface area contributed by atoms with E-state index in [1.165, 1.54) is 16.5 Å². The summed E-state index contributed by atoms with van der Waals surface area (Å²) in [6.07, 6.45) is 3.61. The maximum Gasteiger partial charge on any atom is 0.0465 e. The van der Waals surface area contributed by atoms with Crippen LogP contribution in [0.3, 0.4) is 0 Å². The van der Waals surface area contributed by atoms with Crippen LogP contribution in [0.5, 0.6) is 0 Å². The van der Waals surface area contributed by atoms with Gasteiger partial charge in [-0.25, -0.2) is 0 Å². The molecule has 72 valence electrons. The Balaban J connectivity index is 2.21. The Morgan fingerprint density at radius 3 is 2.53 bits per heavy atom. The SMILES string of the molecule is c1ccc2[nH]c(-c3ccncc3)cc2c1. The van der Waals surface area contributed by atoms with Crippen molar-refractivity contribution in [1.82, 2.24) is 9.97 Å². The zero-order valence-electron chi connectivity index (χ0n) is 8.14. The van der Waals surface area contributed by atoms with Gasteiger partial charge < -0.3 is 4.98 Å². The lowest BCUT2D eigenvalue weighted by atomic mass is 10.2. The van der Waals surface area contributed by atoms with Gasteiger partial charge in [-0.3, -0.25) is 4.98 Å². The second kappa shape index (κ2) is 3.24. The maximum absolute atomic E-state index is 4.01. The van der Waals surface area contributed by atoms with Crippen LogP contribution >= 0.6 is 0 Å². The highest BCUT2D eigenvalue weighted by atomic mass is 14.7. The fraction of sp³-hybridized carbons (Fsp3) is 0. The number of hydrogen-bond acceptors (Lipinski definition) is 1. The number of nitrogens with zero attached hydrogens (tertiary/aromatic N) is 1. The molecule has 0 atom stereocenters. The molecule has 0 aliphatic rings. The maximum atomic E-state index is 4.01. The van der Waals surface area contributed by atoms with Crippen molar-refractivity contribution in [3.63, 3.8) is 0 Å². The third kappa shape index (κ3) is 1.40. The van der Waals surface area contributed by atoms with Crippen LogP contribution in [0.15, 0.2) is 54.9 Å². The summed E-state index contributed by atoms with van der Waals surface area (Å²) in [7, 11) is 0. The zero-order valence-corrected chi connectivity index (χ0v) is 8.14. The molecule has 0 unspecified atom stereocenters. The summed E-state index contributed by atoms with van der Waals surface area (Å²) in [6, 6.07) is 14.4. The van der Waals surface area contributed by atoms with E-state index in [1.54, 1.807) is 12.4 Å². The van der Waals surface area contributed by atoms with Gasteiger partial charge in [0.15, 0.2) is 0 Å². The first-order valence-corrected chi connectivity index (χ1v) is 4.92. The Morgan fingerprint density at radius 1 is 0.933 bits per heavy atom. The highest BCUT2D eigenvalue weighted by molar-refractivity contribution is 5.85. The van der Waals surface area contributed by atoms with Crippen molar-refractivity contribution >= 4 is 10.9 Å². The number of nitrogens with one attached hydrogen (secondary N) is 1. The van der Waals surface area contributed by atoms with Gasteiger partial charge in [0.2, 0.25) is 0 Å². The van der Waals surface area contributed by atoms with Crippen molar-refractivity contribution in [1.29, 1.82) is 0 Å². The normalized spacial score (nSPS) is 10.7. The minimum atomic E-state index is 1.14. The first-order valence-electron chi connectivity index (χ1n) is 4.92. The van der Waals surface area contributed by atoms with Crippen LogP contribution in [0.1, 0.15) is 0 Å². The van der Waals surface area contributed by atoms with Crippen molar-refractivity contribution in [2.24, 2.45) is 0 Å². The average Bonchev–Trinajstić information content (AvgIpc) is 2.74. The molecule has 2 nitrogen and oxygen atoms in total. The highest BCUT2D eigenvalue weighted by Gasteiger charge is 2.01. The number of rotatable bonds is 1. The molecule has 0 aliphatic heterocycles. The van der Waals surface area contributed by atoms with Crippen molar-refractivity contribution < 1.29 is 0 Å². The van der Waals surface area contributed by atoms with Crippen LogP contribution in [-0.2, 0) is 0 Å². The van der Waals surface area contributed by atoms with Gasteiger partial charge >= 0.3 is 0 Å². The zero-order chi connectivity index (χ0) is 10.1. The molecule has 0 spiro atoms. The van der Waals surface area contributed by atoms with Gasteiger partial charge in [0.1, 0.15) is 0 Å². The fourth-order valence-electron chi connectivity index (χ4n) is 1.76. The van der Waals surface area contributed by atoms with E-state index in [-0.39, 0.29) is 0 Å². The summed E-state index contributed by atoms with van der Waals surface area (Å²) < 4.78 is 0. The quantitative estimate of drug-likeness (QED) is 0.633. The van der Waals surface area contributed by atoms with Crippen LogP contribution in [0, 0.1) is 0 Å². The topological polar surface area (TPSA) is 28.7 Å². The van der Waals surface area contributed by atoms with Crippen LogP contribution < -0.4 is 0 Å². The molecule has 0 bridgehead atoms. The molecule has 0 aliphatic carbocycles. The minimum absolute atomic E-state index is 1.14. The number of aromatic nitrogens is 2. The van der Waals surface area contributed by atoms with Gasteiger partial charge in [-0.1, -0.05) is 18.2 Å². The van der Waals surface area contributed by atoms with Gasteiger partial charge in [-0.2, -0.15) is 0 Å². The first kappa shape index (κ1) is 8.24. The molecule has 0 fully saturated rings. The minimum Gasteiger partial charge on any atom is -0.355 e. The molecule has 15 heavy (non-hydrogen) atoms. The number of hydrogen-bond donors (Lipinski definition) is 1. The predicted octanol–water partition coefficient (Wildman–Crippen LogP) is 3.23. The molecule has 2 heterocycles. The standard InChI is InChI=1S/C13H10N2/c1-2-4-12-11(3-1)9-13(15-12)10-5-7-14-8-6-10/h1-9,15H. The van der Waals surface area contributed by atoms with Gasteiger partial charge in [-0.15, -0.1) is 0 Å². The lowest BCUT2D eigenvalue weighted by Crippen LogP contribution is -1.76. The second-order valence-electron chi connectivity index (χ2n) is 3.51. The van der Waals surface area contributed by atoms with Gasteiger partial charge in [-0.05, 0) is 24.3 Å². The van der Waals surface area contributed by atoms with E-state index in [0.717, 1.165) is 5.69 Å².